The Hall–Kier alpha value is -0.520. The van der Waals surface area contributed by atoms with Crippen molar-refractivity contribution in [2.45, 2.75) is 18.6 Å². The molecule has 1 unspecified atom stereocenters. The SMILES string of the molecule is CC(C)(/C=C/c1ccnc(Br)c1)S(N)=O. The second-order valence-corrected chi connectivity index (χ2v) is 6.11. The molecular formula is C10H13BrN2OS. The minimum absolute atomic E-state index is 0.518. The van der Waals surface area contributed by atoms with Crippen molar-refractivity contribution in [3.05, 3.63) is 34.6 Å². The summed E-state index contributed by atoms with van der Waals surface area (Å²) in [6.07, 6.45) is 5.43. The van der Waals surface area contributed by atoms with E-state index in [4.69, 9.17) is 5.14 Å². The second kappa shape index (κ2) is 5.01. The maximum atomic E-state index is 11.2. The van der Waals surface area contributed by atoms with Gasteiger partial charge >= 0.3 is 0 Å². The summed E-state index contributed by atoms with van der Waals surface area (Å²) in [5.74, 6) is 0. The molecule has 0 spiro atoms. The number of nitrogens with zero attached hydrogens (tertiary/aromatic N) is 1. The molecule has 15 heavy (non-hydrogen) atoms. The molecule has 0 aliphatic carbocycles. The fraction of sp³-hybridized carbons (Fsp3) is 0.300. The van der Waals surface area contributed by atoms with Crippen LogP contribution in [0.15, 0.2) is 29.0 Å². The zero-order valence-corrected chi connectivity index (χ0v) is 11.0. The lowest BCUT2D eigenvalue weighted by molar-refractivity contribution is 0.665. The van der Waals surface area contributed by atoms with Crippen LogP contribution in [0.4, 0.5) is 0 Å². The molecule has 1 atom stereocenters. The highest BCUT2D eigenvalue weighted by atomic mass is 79.9. The Labute approximate surface area is 101 Å². The monoisotopic (exact) mass is 288 g/mol. The quantitative estimate of drug-likeness (QED) is 0.868. The largest absolute Gasteiger partial charge is 0.251 e. The van der Waals surface area contributed by atoms with Crippen molar-refractivity contribution in [3.8, 4) is 0 Å². The molecular weight excluding hydrogens is 276 g/mol. The Morgan fingerprint density at radius 2 is 2.27 bits per heavy atom. The van der Waals surface area contributed by atoms with Crippen LogP contribution in [0.25, 0.3) is 6.08 Å². The third-order valence-corrected chi connectivity index (χ3v) is 3.55. The van der Waals surface area contributed by atoms with Gasteiger partial charge in [-0.25, -0.2) is 9.19 Å². The molecule has 0 amide bonds. The van der Waals surface area contributed by atoms with Crippen molar-refractivity contribution in [1.29, 1.82) is 0 Å². The summed E-state index contributed by atoms with van der Waals surface area (Å²) in [4.78, 5) is 4.02. The van der Waals surface area contributed by atoms with Gasteiger partial charge in [0.2, 0.25) is 0 Å². The van der Waals surface area contributed by atoms with Crippen molar-refractivity contribution in [2.24, 2.45) is 5.14 Å². The molecule has 1 aromatic heterocycles. The number of halogens is 1. The predicted molar refractivity (Wildman–Crippen MR) is 67.4 cm³/mol. The summed E-state index contributed by atoms with van der Waals surface area (Å²) in [6, 6.07) is 3.75. The molecule has 0 bridgehead atoms. The van der Waals surface area contributed by atoms with Crippen LogP contribution in [0.1, 0.15) is 19.4 Å². The van der Waals surface area contributed by atoms with Crippen LogP contribution in [-0.4, -0.2) is 13.9 Å². The van der Waals surface area contributed by atoms with Crippen molar-refractivity contribution in [2.75, 3.05) is 0 Å². The van der Waals surface area contributed by atoms with E-state index in [9.17, 15) is 4.21 Å². The van der Waals surface area contributed by atoms with Gasteiger partial charge in [0.15, 0.2) is 0 Å². The Morgan fingerprint density at radius 3 is 2.80 bits per heavy atom. The standard InChI is InChI=1S/C10H13BrN2OS/c1-10(2,15(12)14)5-3-8-4-6-13-9(11)7-8/h3-7H,12H2,1-2H3/b5-3+. The molecule has 1 heterocycles. The first kappa shape index (κ1) is 12.5. The van der Waals surface area contributed by atoms with E-state index < -0.39 is 15.7 Å². The first-order chi connectivity index (χ1) is 6.92. The lowest BCUT2D eigenvalue weighted by Gasteiger charge is -2.15. The van der Waals surface area contributed by atoms with Crippen LogP contribution >= 0.6 is 15.9 Å². The molecule has 1 rings (SSSR count). The number of nitrogens with two attached hydrogens (primary N) is 1. The topological polar surface area (TPSA) is 56.0 Å². The van der Waals surface area contributed by atoms with Crippen LogP contribution in [0, 0.1) is 0 Å². The molecule has 0 radical (unpaired) electrons. The minimum atomic E-state index is -1.37. The highest BCUT2D eigenvalue weighted by molar-refractivity contribution is 9.10. The number of pyridine rings is 1. The molecule has 1 aromatic rings. The van der Waals surface area contributed by atoms with Gasteiger partial charge < -0.3 is 0 Å². The average Bonchev–Trinajstić information content (AvgIpc) is 2.15. The van der Waals surface area contributed by atoms with Crippen LogP contribution in [0.5, 0.6) is 0 Å². The van der Waals surface area contributed by atoms with E-state index in [0.29, 0.717) is 0 Å². The number of hydrogen-bond acceptors (Lipinski definition) is 2. The Morgan fingerprint density at radius 1 is 1.60 bits per heavy atom. The summed E-state index contributed by atoms with van der Waals surface area (Å²) < 4.78 is 11.4. The van der Waals surface area contributed by atoms with Gasteiger partial charge in [-0.3, -0.25) is 5.14 Å². The van der Waals surface area contributed by atoms with Gasteiger partial charge in [-0.2, -0.15) is 0 Å². The van der Waals surface area contributed by atoms with Gasteiger partial charge in [0.1, 0.15) is 4.60 Å². The third kappa shape index (κ3) is 3.85. The zero-order chi connectivity index (χ0) is 11.5. The lowest BCUT2D eigenvalue weighted by atomic mass is 10.1. The van der Waals surface area contributed by atoms with E-state index in [2.05, 4.69) is 20.9 Å². The Kier molecular flexibility index (Phi) is 4.19. The summed E-state index contributed by atoms with van der Waals surface area (Å²) in [6.45, 7) is 3.66. The van der Waals surface area contributed by atoms with Gasteiger partial charge in [-0.05, 0) is 47.5 Å². The van der Waals surface area contributed by atoms with Crippen LogP contribution in [-0.2, 0) is 11.0 Å². The molecule has 0 aliphatic rings. The fourth-order valence-electron chi connectivity index (χ4n) is 0.885. The van der Waals surface area contributed by atoms with E-state index in [-0.39, 0.29) is 0 Å². The van der Waals surface area contributed by atoms with Crippen molar-refractivity contribution < 1.29 is 4.21 Å². The Balaban J connectivity index is 2.86. The maximum Gasteiger partial charge on any atom is 0.106 e. The summed E-state index contributed by atoms with van der Waals surface area (Å²) in [5, 5.41) is 5.36. The summed E-state index contributed by atoms with van der Waals surface area (Å²) in [7, 11) is -1.37. The smallest absolute Gasteiger partial charge is 0.106 e. The molecule has 5 heteroatoms. The molecule has 3 nitrogen and oxygen atoms in total. The Bertz CT molecular complexity index is 404. The maximum absolute atomic E-state index is 11.2. The van der Waals surface area contributed by atoms with Gasteiger partial charge in [0.05, 0.1) is 15.7 Å². The third-order valence-electron chi connectivity index (χ3n) is 1.95. The van der Waals surface area contributed by atoms with E-state index in [1.807, 2.05) is 38.1 Å². The molecule has 0 aromatic carbocycles. The molecule has 0 fully saturated rings. The lowest BCUT2D eigenvalue weighted by Crippen LogP contribution is -2.29. The van der Waals surface area contributed by atoms with Crippen molar-refractivity contribution in [1.82, 2.24) is 4.98 Å². The van der Waals surface area contributed by atoms with Gasteiger partial charge in [-0.1, -0.05) is 12.2 Å². The number of rotatable bonds is 3. The fourth-order valence-corrected chi connectivity index (χ4v) is 1.47. The van der Waals surface area contributed by atoms with Crippen molar-refractivity contribution in [3.63, 3.8) is 0 Å². The van der Waals surface area contributed by atoms with Crippen molar-refractivity contribution >= 4 is 33.0 Å². The first-order valence-electron chi connectivity index (χ1n) is 4.39. The van der Waals surface area contributed by atoms with Crippen LogP contribution < -0.4 is 5.14 Å². The molecule has 0 saturated carbocycles. The van der Waals surface area contributed by atoms with E-state index >= 15 is 0 Å². The number of aromatic nitrogens is 1. The summed E-state index contributed by atoms with van der Waals surface area (Å²) in [5.41, 5.74) is 0.996. The molecule has 2 N–H and O–H groups in total. The van der Waals surface area contributed by atoms with Crippen LogP contribution in [0.3, 0.4) is 0 Å². The van der Waals surface area contributed by atoms with Crippen LogP contribution in [0.2, 0.25) is 0 Å². The van der Waals surface area contributed by atoms with Gasteiger partial charge in [0.25, 0.3) is 0 Å². The highest BCUT2D eigenvalue weighted by Gasteiger charge is 2.18. The summed E-state index contributed by atoms with van der Waals surface area (Å²) >= 11 is 3.28. The molecule has 0 saturated heterocycles. The molecule has 82 valence electrons. The van der Waals surface area contributed by atoms with Gasteiger partial charge in [0, 0.05) is 6.20 Å². The van der Waals surface area contributed by atoms with E-state index in [1.165, 1.54) is 0 Å². The highest BCUT2D eigenvalue weighted by Crippen LogP contribution is 2.15. The zero-order valence-electron chi connectivity index (χ0n) is 8.61. The minimum Gasteiger partial charge on any atom is -0.251 e. The van der Waals surface area contributed by atoms with E-state index in [1.54, 1.807) is 6.20 Å². The normalized spacial score (nSPS) is 14.4. The van der Waals surface area contributed by atoms with Gasteiger partial charge in [-0.15, -0.1) is 0 Å². The predicted octanol–water partition coefficient (Wildman–Crippen LogP) is 2.26. The average molecular weight is 289 g/mol. The first-order valence-corrected chi connectivity index (χ1v) is 6.39. The second-order valence-electron chi connectivity index (χ2n) is 3.65. The number of hydrogen-bond donors (Lipinski definition) is 1. The molecule has 0 aliphatic heterocycles. The van der Waals surface area contributed by atoms with E-state index in [0.717, 1.165) is 10.2 Å².